The minimum Gasteiger partial charge on any atom is -0.475 e. The Labute approximate surface area is 128 Å². The van der Waals surface area contributed by atoms with Crippen LogP contribution in [0.1, 0.15) is 29.8 Å². The third-order valence-electron chi connectivity index (χ3n) is 2.65. The molecular formula is C15H16ClN3O2. The van der Waals surface area contributed by atoms with E-state index in [0.717, 1.165) is 5.56 Å². The normalized spacial score (nSPS) is 10.5. The molecule has 0 aromatic carbocycles. The van der Waals surface area contributed by atoms with Gasteiger partial charge in [-0.2, -0.15) is 0 Å². The van der Waals surface area contributed by atoms with Crippen molar-refractivity contribution < 1.29 is 9.53 Å². The fourth-order valence-corrected chi connectivity index (χ4v) is 1.89. The van der Waals surface area contributed by atoms with Gasteiger partial charge in [0.05, 0.1) is 16.7 Å². The molecule has 0 fully saturated rings. The molecule has 2 rings (SSSR count). The Morgan fingerprint density at radius 1 is 1.38 bits per heavy atom. The van der Waals surface area contributed by atoms with Gasteiger partial charge in [0.1, 0.15) is 0 Å². The molecule has 0 aliphatic heterocycles. The maximum Gasteiger partial charge on any atom is 0.254 e. The summed E-state index contributed by atoms with van der Waals surface area (Å²) in [4.78, 5) is 20.1. The molecule has 0 atom stereocenters. The molecule has 2 aromatic heterocycles. The van der Waals surface area contributed by atoms with Gasteiger partial charge in [0, 0.05) is 30.7 Å². The van der Waals surface area contributed by atoms with Crippen molar-refractivity contribution in [3.63, 3.8) is 0 Å². The van der Waals surface area contributed by atoms with E-state index < -0.39 is 0 Å². The van der Waals surface area contributed by atoms with Gasteiger partial charge in [0.15, 0.2) is 0 Å². The molecule has 0 aliphatic carbocycles. The number of aromatic nitrogens is 2. The number of carbonyl (C=O) groups is 1. The molecule has 0 saturated carbocycles. The van der Waals surface area contributed by atoms with Crippen LogP contribution in [0.25, 0.3) is 0 Å². The first-order valence-corrected chi connectivity index (χ1v) is 6.94. The largest absolute Gasteiger partial charge is 0.475 e. The van der Waals surface area contributed by atoms with Crippen LogP contribution in [0.5, 0.6) is 5.88 Å². The molecule has 1 amide bonds. The Morgan fingerprint density at radius 3 is 2.90 bits per heavy atom. The quantitative estimate of drug-likeness (QED) is 0.922. The SMILES string of the molecule is CC(C)Oc1ncccc1CNC(=O)c1cnccc1Cl. The first-order valence-electron chi connectivity index (χ1n) is 6.56. The van der Waals surface area contributed by atoms with Gasteiger partial charge in [0.25, 0.3) is 5.91 Å². The van der Waals surface area contributed by atoms with Crippen LogP contribution >= 0.6 is 11.6 Å². The van der Waals surface area contributed by atoms with E-state index in [0.29, 0.717) is 23.0 Å². The lowest BCUT2D eigenvalue weighted by Gasteiger charge is -2.13. The summed E-state index contributed by atoms with van der Waals surface area (Å²) in [5.74, 6) is 0.234. The number of amides is 1. The van der Waals surface area contributed by atoms with Gasteiger partial charge in [-0.3, -0.25) is 9.78 Å². The van der Waals surface area contributed by atoms with Crippen LogP contribution in [0, 0.1) is 0 Å². The summed E-state index contributed by atoms with van der Waals surface area (Å²) in [6.07, 6.45) is 4.64. The fourth-order valence-electron chi connectivity index (χ4n) is 1.70. The summed E-state index contributed by atoms with van der Waals surface area (Å²) >= 11 is 5.96. The highest BCUT2D eigenvalue weighted by Gasteiger charge is 2.12. The monoisotopic (exact) mass is 305 g/mol. The Hall–Kier alpha value is -2.14. The molecule has 21 heavy (non-hydrogen) atoms. The van der Waals surface area contributed by atoms with E-state index in [1.54, 1.807) is 18.3 Å². The number of pyridine rings is 2. The third-order valence-corrected chi connectivity index (χ3v) is 2.98. The zero-order valence-corrected chi connectivity index (χ0v) is 12.6. The maximum absolute atomic E-state index is 12.1. The number of nitrogens with zero attached hydrogens (tertiary/aromatic N) is 2. The molecule has 2 heterocycles. The number of carbonyl (C=O) groups excluding carboxylic acids is 1. The number of nitrogens with one attached hydrogen (secondary N) is 1. The fraction of sp³-hybridized carbons (Fsp3) is 0.267. The van der Waals surface area contributed by atoms with E-state index in [4.69, 9.17) is 16.3 Å². The number of halogens is 1. The first kappa shape index (κ1) is 15.3. The van der Waals surface area contributed by atoms with E-state index in [1.807, 2.05) is 19.9 Å². The van der Waals surface area contributed by atoms with Gasteiger partial charge in [-0.15, -0.1) is 0 Å². The molecule has 5 nitrogen and oxygen atoms in total. The summed E-state index contributed by atoms with van der Waals surface area (Å²) in [6, 6.07) is 5.23. The minimum atomic E-state index is -0.285. The van der Waals surface area contributed by atoms with Crippen molar-refractivity contribution in [2.75, 3.05) is 0 Å². The highest BCUT2D eigenvalue weighted by molar-refractivity contribution is 6.33. The van der Waals surface area contributed by atoms with Crippen molar-refractivity contribution in [3.8, 4) is 5.88 Å². The summed E-state index contributed by atoms with van der Waals surface area (Å²) in [7, 11) is 0. The smallest absolute Gasteiger partial charge is 0.254 e. The molecule has 0 radical (unpaired) electrons. The van der Waals surface area contributed by atoms with Crippen LogP contribution in [0.15, 0.2) is 36.8 Å². The van der Waals surface area contributed by atoms with Gasteiger partial charge in [-0.25, -0.2) is 4.98 Å². The second-order valence-electron chi connectivity index (χ2n) is 4.67. The van der Waals surface area contributed by atoms with Crippen LogP contribution in [-0.2, 0) is 6.54 Å². The van der Waals surface area contributed by atoms with Crippen molar-refractivity contribution in [1.29, 1.82) is 0 Å². The molecule has 2 aromatic rings. The van der Waals surface area contributed by atoms with Crippen molar-refractivity contribution in [3.05, 3.63) is 52.9 Å². The molecule has 0 aliphatic rings. The van der Waals surface area contributed by atoms with Crippen LogP contribution in [0.4, 0.5) is 0 Å². The lowest BCUT2D eigenvalue weighted by molar-refractivity contribution is 0.0950. The zero-order chi connectivity index (χ0) is 15.2. The van der Waals surface area contributed by atoms with Crippen molar-refractivity contribution in [2.24, 2.45) is 0 Å². The van der Waals surface area contributed by atoms with Gasteiger partial charge in [-0.05, 0) is 26.0 Å². The lowest BCUT2D eigenvalue weighted by atomic mass is 10.2. The zero-order valence-electron chi connectivity index (χ0n) is 11.8. The molecular weight excluding hydrogens is 290 g/mol. The topological polar surface area (TPSA) is 64.1 Å². The van der Waals surface area contributed by atoms with Crippen LogP contribution in [-0.4, -0.2) is 22.0 Å². The van der Waals surface area contributed by atoms with E-state index in [1.165, 1.54) is 12.4 Å². The van der Waals surface area contributed by atoms with Crippen molar-refractivity contribution in [1.82, 2.24) is 15.3 Å². The molecule has 0 spiro atoms. The standard InChI is InChI=1S/C15H16ClN3O2/c1-10(2)21-15-11(4-3-6-18-15)8-19-14(20)12-9-17-7-5-13(12)16/h3-7,9-10H,8H2,1-2H3,(H,19,20). The van der Waals surface area contributed by atoms with Crippen molar-refractivity contribution >= 4 is 17.5 Å². The molecule has 0 bridgehead atoms. The molecule has 0 saturated heterocycles. The summed E-state index contributed by atoms with van der Waals surface area (Å²) in [6.45, 7) is 4.15. The average molecular weight is 306 g/mol. The van der Waals surface area contributed by atoms with Gasteiger partial charge in [0.2, 0.25) is 5.88 Å². The predicted molar refractivity (Wildman–Crippen MR) is 80.4 cm³/mol. The Bertz CT molecular complexity index is 632. The minimum absolute atomic E-state index is 0.0159. The van der Waals surface area contributed by atoms with Crippen LogP contribution < -0.4 is 10.1 Å². The van der Waals surface area contributed by atoms with Gasteiger partial charge in [-0.1, -0.05) is 17.7 Å². The lowest BCUT2D eigenvalue weighted by Crippen LogP contribution is -2.24. The third kappa shape index (κ3) is 4.16. The first-order chi connectivity index (χ1) is 10.1. The second-order valence-corrected chi connectivity index (χ2v) is 5.08. The Morgan fingerprint density at radius 2 is 2.19 bits per heavy atom. The van der Waals surface area contributed by atoms with E-state index in [-0.39, 0.29) is 12.0 Å². The van der Waals surface area contributed by atoms with Gasteiger partial charge >= 0.3 is 0 Å². The summed E-state index contributed by atoms with van der Waals surface area (Å²) < 4.78 is 5.61. The number of rotatable bonds is 5. The van der Waals surface area contributed by atoms with Crippen LogP contribution in [0.2, 0.25) is 5.02 Å². The molecule has 6 heteroatoms. The highest BCUT2D eigenvalue weighted by atomic mass is 35.5. The van der Waals surface area contributed by atoms with Crippen LogP contribution in [0.3, 0.4) is 0 Å². The predicted octanol–water partition coefficient (Wildman–Crippen LogP) is 2.85. The number of hydrogen-bond acceptors (Lipinski definition) is 4. The van der Waals surface area contributed by atoms with Gasteiger partial charge < -0.3 is 10.1 Å². The number of ether oxygens (including phenoxy) is 1. The van der Waals surface area contributed by atoms with E-state index in [2.05, 4.69) is 15.3 Å². The highest BCUT2D eigenvalue weighted by Crippen LogP contribution is 2.17. The molecule has 0 unspecified atom stereocenters. The molecule has 110 valence electrons. The second kappa shape index (κ2) is 7.04. The Kier molecular flexibility index (Phi) is 5.11. The van der Waals surface area contributed by atoms with Crippen molar-refractivity contribution in [2.45, 2.75) is 26.5 Å². The Balaban J connectivity index is 2.07. The van der Waals surface area contributed by atoms with E-state index in [9.17, 15) is 4.79 Å². The molecule has 1 N–H and O–H groups in total. The number of hydrogen-bond donors (Lipinski definition) is 1. The van der Waals surface area contributed by atoms with E-state index >= 15 is 0 Å². The summed E-state index contributed by atoms with van der Waals surface area (Å²) in [5.41, 5.74) is 1.15. The maximum atomic E-state index is 12.1. The average Bonchev–Trinajstić information content (AvgIpc) is 2.46. The summed E-state index contributed by atoms with van der Waals surface area (Å²) in [5, 5.41) is 3.15.